The van der Waals surface area contributed by atoms with E-state index in [1.54, 1.807) is 0 Å². The minimum atomic E-state index is -0.137. The van der Waals surface area contributed by atoms with Crippen molar-refractivity contribution >= 4 is 39.9 Å². The van der Waals surface area contributed by atoms with Crippen molar-refractivity contribution in [2.45, 2.75) is 33.1 Å². The Kier molecular flexibility index (Phi) is 4.17. The molecule has 0 unspecified atom stereocenters. The van der Waals surface area contributed by atoms with Crippen LogP contribution in [0.2, 0.25) is 0 Å². The summed E-state index contributed by atoms with van der Waals surface area (Å²) in [4.78, 5) is 9.03. The van der Waals surface area contributed by atoms with Gasteiger partial charge in [-0.2, -0.15) is 0 Å². The van der Waals surface area contributed by atoms with Crippen molar-refractivity contribution in [3.63, 3.8) is 0 Å². The Labute approximate surface area is 133 Å². The molecule has 0 saturated carbocycles. The zero-order chi connectivity index (χ0) is 14.9. The smallest absolute Gasteiger partial charge is 0.139 e. The molecule has 5 heteroatoms. The van der Waals surface area contributed by atoms with Crippen LogP contribution in [0.4, 0.5) is 17.3 Å². The molecule has 106 valence electrons. The van der Waals surface area contributed by atoms with Gasteiger partial charge >= 0.3 is 0 Å². The molecule has 0 aliphatic heterocycles. The lowest BCUT2D eigenvalue weighted by molar-refractivity contribution is 0.546. The van der Waals surface area contributed by atoms with E-state index in [9.17, 15) is 0 Å². The standard InChI is InChI=1S/C15H19IN4/c1-9-12(17)19-14(15(2,3)4)20-13(9)18-11-8-6-5-7-10(11)16/h5-8H,1-4H3,(H3,17,18,19,20). The number of para-hydroxylation sites is 1. The van der Waals surface area contributed by atoms with Crippen LogP contribution in [0.5, 0.6) is 0 Å². The van der Waals surface area contributed by atoms with E-state index in [-0.39, 0.29) is 5.41 Å². The summed E-state index contributed by atoms with van der Waals surface area (Å²) in [5.41, 5.74) is 7.78. The SMILES string of the molecule is Cc1c(N)nc(C(C)(C)C)nc1Nc1ccccc1I. The zero-order valence-electron chi connectivity index (χ0n) is 12.2. The molecule has 1 aromatic heterocycles. The lowest BCUT2D eigenvalue weighted by Gasteiger charge is -2.20. The molecule has 0 amide bonds. The molecule has 0 fully saturated rings. The molecule has 0 aliphatic carbocycles. The number of anilines is 3. The minimum Gasteiger partial charge on any atom is -0.383 e. The maximum absolute atomic E-state index is 6.02. The second-order valence-electron chi connectivity index (χ2n) is 5.76. The maximum Gasteiger partial charge on any atom is 0.139 e. The Morgan fingerprint density at radius 1 is 1.15 bits per heavy atom. The highest BCUT2D eigenvalue weighted by molar-refractivity contribution is 14.1. The van der Waals surface area contributed by atoms with Gasteiger partial charge in [-0.1, -0.05) is 32.9 Å². The van der Waals surface area contributed by atoms with Crippen molar-refractivity contribution in [2.75, 3.05) is 11.1 Å². The molecule has 0 saturated heterocycles. The van der Waals surface area contributed by atoms with Crippen molar-refractivity contribution in [2.24, 2.45) is 0 Å². The normalized spacial score (nSPS) is 11.4. The molecular weight excluding hydrogens is 363 g/mol. The first-order valence-electron chi connectivity index (χ1n) is 6.45. The van der Waals surface area contributed by atoms with Gasteiger partial charge < -0.3 is 11.1 Å². The van der Waals surface area contributed by atoms with Gasteiger partial charge in [-0.15, -0.1) is 0 Å². The Bertz CT molecular complexity index is 632. The lowest BCUT2D eigenvalue weighted by atomic mass is 9.95. The van der Waals surface area contributed by atoms with Crippen LogP contribution in [0, 0.1) is 10.5 Å². The molecule has 2 aromatic rings. The number of aromatic nitrogens is 2. The van der Waals surface area contributed by atoms with E-state index in [1.165, 1.54) is 0 Å². The number of nitrogens with zero attached hydrogens (tertiary/aromatic N) is 2. The second-order valence-corrected chi connectivity index (χ2v) is 6.92. The molecule has 2 rings (SSSR count). The molecule has 3 N–H and O–H groups in total. The van der Waals surface area contributed by atoms with E-state index in [0.717, 1.165) is 26.5 Å². The molecule has 0 aliphatic rings. The monoisotopic (exact) mass is 382 g/mol. The summed E-state index contributed by atoms with van der Waals surface area (Å²) >= 11 is 2.30. The van der Waals surface area contributed by atoms with Gasteiger partial charge in [-0.05, 0) is 41.6 Å². The first-order chi connectivity index (χ1) is 9.29. The maximum atomic E-state index is 6.02. The number of nitrogens with two attached hydrogens (primary N) is 1. The average molecular weight is 382 g/mol. The molecule has 0 bridgehead atoms. The predicted molar refractivity (Wildman–Crippen MR) is 92.3 cm³/mol. The van der Waals surface area contributed by atoms with E-state index in [0.29, 0.717) is 5.82 Å². The minimum absolute atomic E-state index is 0.137. The van der Waals surface area contributed by atoms with Crippen molar-refractivity contribution < 1.29 is 0 Å². The fraction of sp³-hybridized carbons (Fsp3) is 0.333. The Morgan fingerprint density at radius 3 is 2.40 bits per heavy atom. The molecule has 0 spiro atoms. The summed E-state index contributed by atoms with van der Waals surface area (Å²) in [6.07, 6.45) is 0. The van der Waals surface area contributed by atoms with E-state index >= 15 is 0 Å². The number of nitrogens with one attached hydrogen (secondary N) is 1. The fourth-order valence-electron chi connectivity index (χ4n) is 1.68. The fourth-order valence-corrected chi connectivity index (χ4v) is 2.20. The first kappa shape index (κ1) is 15.0. The summed E-state index contributed by atoms with van der Waals surface area (Å²) < 4.78 is 1.14. The Hall–Kier alpha value is -1.37. The van der Waals surface area contributed by atoms with E-state index < -0.39 is 0 Å². The van der Waals surface area contributed by atoms with Crippen molar-refractivity contribution in [3.05, 3.63) is 39.2 Å². The Balaban J connectivity index is 2.46. The molecular formula is C15H19IN4. The Morgan fingerprint density at radius 2 is 1.80 bits per heavy atom. The van der Waals surface area contributed by atoms with Crippen LogP contribution >= 0.6 is 22.6 Å². The molecule has 20 heavy (non-hydrogen) atoms. The lowest BCUT2D eigenvalue weighted by Crippen LogP contribution is -2.19. The van der Waals surface area contributed by atoms with Crippen molar-refractivity contribution in [3.8, 4) is 0 Å². The predicted octanol–water partition coefficient (Wildman–Crippen LogP) is 4.01. The molecule has 0 radical (unpaired) electrons. The first-order valence-corrected chi connectivity index (χ1v) is 7.53. The number of nitrogen functional groups attached to an aromatic ring is 1. The summed E-state index contributed by atoms with van der Waals surface area (Å²) in [6, 6.07) is 8.08. The van der Waals surface area contributed by atoms with E-state index in [1.807, 2.05) is 31.2 Å². The van der Waals surface area contributed by atoms with Crippen LogP contribution in [0.15, 0.2) is 24.3 Å². The van der Waals surface area contributed by atoms with Crippen LogP contribution in [0.1, 0.15) is 32.2 Å². The van der Waals surface area contributed by atoms with Crippen LogP contribution < -0.4 is 11.1 Å². The summed E-state index contributed by atoms with van der Waals surface area (Å²) in [5.74, 6) is 2.04. The molecule has 4 nitrogen and oxygen atoms in total. The van der Waals surface area contributed by atoms with Gasteiger partial charge in [0.1, 0.15) is 17.5 Å². The van der Waals surface area contributed by atoms with Gasteiger partial charge in [0, 0.05) is 14.5 Å². The van der Waals surface area contributed by atoms with Gasteiger partial charge in [0.25, 0.3) is 0 Å². The van der Waals surface area contributed by atoms with Crippen LogP contribution in [0.25, 0.3) is 0 Å². The van der Waals surface area contributed by atoms with Gasteiger partial charge in [0.15, 0.2) is 0 Å². The van der Waals surface area contributed by atoms with Crippen LogP contribution in [-0.4, -0.2) is 9.97 Å². The topological polar surface area (TPSA) is 63.8 Å². The number of benzene rings is 1. The highest BCUT2D eigenvalue weighted by Crippen LogP contribution is 2.28. The van der Waals surface area contributed by atoms with Crippen molar-refractivity contribution in [1.29, 1.82) is 0 Å². The summed E-state index contributed by atoms with van der Waals surface area (Å²) in [6.45, 7) is 8.16. The van der Waals surface area contributed by atoms with Crippen molar-refractivity contribution in [1.82, 2.24) is 9.97 Å². The molecule has 1 heterocycles. The highest BCUT2D eigenvalue weighted by Gasteiger charge is 2.20. The van der Waals surface area contributed by atoms with Gasteiger partial charge in [0.2, 0.25) is 0 Å². The van der Waals surface area contributed by atoms with Gasteiger partial charge in [-0.3, -0.25) is 0 Å². The average Bonchev–Trinajstić information content (AvgIpc) is 2.36. The van der Waals surface area contributed by atoms with Crippen LogP contribution in [0.3, 0.4) is 0 Å². The largest absolute Gasteiger partial charge is 0.383 e. The van der Waals surface area contributed by atoms with E-state index in [2.05, 4.69) is 58.6 Å². The summed E-state index contributed by atoms with van der Waals surface area (Å²) in [5, 5.41) is 3.36. The zero-order valence-corrected chi connectivity index (χ0v) is 14.3. The number of rotatable bonds is 2. The van der Waals surface area contributed by atoms with E-state index in [4.69, 9.17) is 5.73 Å². The third-order valence-electron chi connectivity index (χ3n) is 2.98. The molecule has 0 atom stereocenters. The number of hydrogen-bond acceptors (Lipinski definition) is 4. The van der Waals surface area contributed by atoms with Gasteiger partial charge in [0.05, 0.1) is 5.69 Å². The summed E-state index contributed by atoms with van der Waals surface area (Å²) in [7, 11) is 0. The van der Waals surface area contributed by atoms with Gasteiger partial charge in [-0.25, -0.2) is 9.97 Å². The number of halogens is 1. The number of hydrogen-bond donors (Lipinski definition) is 2. The third kappa shape index (κ3) is 3.20. The third-order valence-corrected chi connectivity index (χ3v) is 3.92. The quantitative estimate of drug-likeness (QED) is 0.771. The van der Waals surface area contributed by atoms with Crippen LogP contribution in [-0.2, 0) is 5.41 Å². The second kappa shape index (κ2) is 5.55. The highest BCUT2D eigenvalue weighted by atomic mass is 127. The molecule has 1 aromatic carbocycles.